The summed E-state index contributed by atoms with van der Waals surface area (Å²) in [6.07, 6.45) is -5.86. The number of amides is 3. The largest absolute Gasteiger partial charge is 0.459 e. The van der Waals surface area contributed by atoms with Gasteiger partial charge in [0.15, 0.2) is 18.4 Å². The Balaban J connectivity index is 1.41. The zero-order valence-corrected chi connectivity index (χ0v) is 26.8. The molecule has 3 aromatic rings. The molecular formula is C36H35FN2O9. The van der Waals surface area contributed by atoms with Gasteiger partial charge in [0, 0.05) is 5.41 Å². The fraction of sp³-hybridized carbons (Fsp3) is 0.361. The van der Waals surface area contributed by atoms with Gasteiger partial charge in [0.1, 0.15) is 12.7 Å². The van der Waals surface area contributed by atoms with E-state index in [0.29, 0.717) is 0 Å². The molecule has 6 atom stereocenters. The van der Waals surface area contributed by atoms with Crippen molar-refractivity contribution in [2.24, 2.45) is 10.8 Å². The summed E-state index contributed by atoms with van der Waals surface area (Å²) in [4.78, 5) is 67.6. The summed E-state index contributed by atoms with van der Waals surface area (Å²) < 4.78 is 40.6. The van der Waals surface area contributed by atoms with E-state index in [1.54, 1.807) is 94.4 Å². The zero-order chi connectivity index (χ0) is 34.4. The number of hydrogen-bond acceptors (Lipinski definition) is 9. The number of alkyl halides is 1. The summed E-state index contributed by atoms with van der Waals surface area (Å²) in [5, 5.41) is 2.10. The lowest BCUT2D eigenvalue weighted by molar-refractivity contribution is -0.269. The normalized spacial score (nSPS) is 28.4. The molecule has 0 aromatic heterocycles. The number of fused-ring (bicyclic) bond motifs is 1. The molecule has 0 unspecified atom stereocenters. The molecule has 0 bridgehead atoms. The van der Waals surface area contributed by atoms with Crippen molar-refractivity contribution >= 4 is 29.8 Å². The summed E-state index contributed by atoms with van der Waals surface area (Å²) in [6.45, 7) is 6.14. The molecule has 2 heterocycles. The number of nitrogens with zero attached hydrogens (tertiary/aromatic N) is 1. The number of carbonyl (C=O) groups is 5. The second-order valence-electron chi connectivity index (χ2n) is 13.1. The van der Waals surface area contributed by atoms with Crippen molar-refractivity contribution in [3.63, 3.8) is 0 Å². The molecule has 0 radical (unpaired) electrons. The van der Waals surface area contributed by atoms with E-state index < -0.39 is 83.5 Å². The molecule has 3 aromatic carbocycles. The van der Waals surface area contributed by atoms with Gasteiger partial charge >= 0.3 is 23.9 Å². The van der Waals surface area contributed by atoms with Gasteiger partial charge in [-0.3, -0.25) is 15.0 Å². The quantitative estimate of drug-likeness (QED) is 0.269. The first kappa shape index (κ1) is 32.8. The van der Waals surface area contributed by atoms with Gasteiger partial charge in [-0.1, -0.05) is 82.3 Å². The van der Waals surface area contributed by atoms with E-state index in [1.165, 1.54) is 24.3 Å². The smallest absolute Gasteiger partial charge is 0.338 e. The van der Waals surface area contributed by atoms with Gasteiger partial charge in [0.25, 0.3) is 5.91 Å². The van der Waals surface area contributed by atoms with Crippen LogP contribution in [0.25, 0.3) is 0 Å². The topological polar surface area (TPSA) is 138 Å². The maximum absolute atomic E-state index is 16.9. The number of nitrogens with one attached hydrogen (secondary N) is 1. The van der Waals surface area contributed by atoms with Gasteiger partial charge in [0.05, 0.1) is 22.7 Å². The first-order chi connectivity index (χ1) is 22.8. The van der Waals surface area contributed by atoms with E-state index in [2.05, 4.69) is 5.32 Å². The molecule has 2 saturated heterocycles. The number of benzene rings is 3. The second kappa shape index (κ2) is 12.2. The Morgan fingerprint density at radius 3 is 1.71 bits per heavy atom. The molecule has 250 valence electrons. The van der Waals surface area contributed by atoms with Crippen LogP contribution in [0.4, 0.5) is 9.18 Å². The third-order valence-corrected chi connectivity index (χ3v) is 10.1. The van der Waals surface area contributed by atoms with Crippen LogP contribution in [-0.2, 0) is 23.7 Å². The Hall–Kier alpha value is -5.10. The minimum atomic E-state index is -2.55. The zero-order valence-electron chi connectivity index (χ0n) is 26.8. The lowest BCUT2D eigenvalue weighted by Gasteiger charge is -2.70. The summed E-state index contributed by atoms with van der Waals surface area (Å²) >= 11 is 0. The Labute approximate surface area is 276 Å². The minimum Gasteiger partial charge on any atom is -0.459 e. The van der Waals surface area contributed by atoms with E-state index >= 15 is 4.39 Å². The van der Waals surface area contributed by atoms with Gasteiger partial charge in [0.2, 0.25) is 5.67 Å². The third-order valence-electron chi connectivity index (χ3n) is 10.1. The van der Waals surface area contributed by atoms with Crippen LogP contribution in [0.5, 0.6) is 0 Å². The van der Waals surface area contributed by atoms with E-state index in [1.807, 2.05) is 0 Å². The molecule has 11 nitrogen and oxygen atoms in total. The van der Waals surface area contributed by atoms with E-state index in [-0.39, 0.29) is 16.7 Å². The average molecular weight is 659 g/mol. The molecule has 2 aliphatic heterocycles. The number of ether oxygens (including phenoxy) is 4. The average Bonchev–Trinajstić information content (AvgIpc) is 3.41. The van der Waals surface area contributed by atoms with Gasteiger partial charge < -0.3 is 18.9 Å². The van der Waals surface area contributed by atoms with Crippen LogP contribution >= 0.6 is 0 Å². The van der Waals surface area contributed by atoms with Crippen LogP contribution < -0.4 is 5.32 Å². The molecule has 3 amide bonds. The highest BCUT2D eigenvalue weighted by Crippen LogP contribution is 2.67. The summed E-state index contributed by atoms with van der Waals surface area (Å²) in [6, 6.07) is 21.8. The van der Waals surface area contributed by atoms with Crippen molar-refractivity contribution in [3.05, 3.63) is 108 Å². The maximum Gasteiger partial charge on any atom is 0.338 e. The SMILES string of the molecule is CC1(C)[C@H]2N([C@@H]3O[C@H](COC(=O)c4ccccc4)[C@@H](OC(=O)c4ccccc4)[C@H]3OC(=O)c3ccccc3)C(=O)NC(=O)[C@@]2(F)C1(C)C. The fourth-order valence-corrected chi connectivity index (χ4v) is 6.83. The van der Waals surface area contributed by atoms with Crippen molar-refractivity contribution in [2.45, 2.75) is 63.9 Å². The summed E-state index contributed by atoms with van der Waals surface area (Å²) in [7, 11) is 0. The fourth-order valence-electron chi connectivity index (χ4n) is 6.83. The monoisotopic (exact) mass is 658 g/mol. The molecule has 0 spiro atoms. The predicted molar refractivity (Wildman–Crippen MR) is 167 cm³/mol. The van der Waals surface area contributed by atoms with E-state index in [4.69, 9.17) is 18.9 Å². The standard InChI is InChI=1S/C36H35FN2O9/c1-34(2)31-36(37,35(34,3)4)32(43)38-33(44)39(31)27-26(48-30(42)23-18-12-7-13-19-23)25(47-29(41)22-16-10-6-11-17-22)24(46-27)20-45-28(40)21-14-8-5-9-15-21/h5-19,24-27,31H,20H2,1-4H3,(H,38,43,44)/t24-,25-,26-,27-,31-,36-/m1/s1. The van der Waals surface area contributed by atoms with Crippen LogP contribution in [0.15, 0.2) is 91.0 Å². The molecule has 48 heavy (non-hydrogen) atoms. The predicted octanol–water partition coefficient (Wildman–Crippen LogP) is 4.71. The number of esters is 3. The first-order valence-electron chi connectivity index (χ1n) is 15.5. The van der Waals surface area contributed by atoms with Crippen molar-refractivity contribution in [1.29, 1.82) is 0 Å². The lowest BCUT2D eigenvalue weighted by Crippen LogP contribution is -2.88. The number of carbonyl (C=O) groups excluding carboxylic acids is 5. The highest BCUT2D eigenvalue weighted by Gasteiger charge is 2.81. The highest BCUT2D eigenvalue weighted by molar-refractivity contribution is 6.04. The number of imide groups is 1. The van der Waals surface area contributed by atoms with E-state index in [9.17, 15) is 24.0 Å². The van der Waals surface area contributed by atoms with E-state index in [0.717, 1.165) is 4.90 Å². The van der Waals surface area contributed by atoms with Gasteiger partial charge in [-0.2, -0.15) is 0 Å². The second-order valence-corrected chi connectivity index (χ2v) is 13.1. The Morgan fingerprint density at radius 2 is 1.21 bits per heavy atom. The first-order valence-corrected chi connectivity index (χ1v) is 15.5. The van der Waals surface area contributed by atoms with Crippen molar-refractivity contribution < 1.29 is 47.3 Å². The number of rotatable bonds is 8. The van der Waals surface area contributed by atoms with Gasteiger partial charge in [-0.15, -0.1) is 0 Å². The molecule has 3 fully saturated rings. The number of hydrogen-bond donors (Lipinski definition) is 1. The third kappa shape index (κ3) is 5.20. The van der Waals surface area contributed by atoms with Crippen LogP contribution in [0.3, 0.4) is 0 Å². The van der Waals surface area contributed by atoms with Crippen LogP contribution in [-0.4, -0.2) is 77.6 Å². The van der Waals surface area contributed by atoms with Crippen molar-refractivity contribution in [1.82, 2.24) is 10.2 Å². The van der Waals surface area contributed by atoms with Gasteiger partial charge in [-0.25, -0.2) is 23.6 Å². The lowest BCUT2D eigenvalue weighted by atomic mass is 9.40. The van der Waals surface area contributed by atoms with Gasteiger partial charge in [-0.05, 0) is 41.8 Å². The molecular weight excluding hydrogens is 623 g/mol. The minimum absolute atomic E-state index is 0.145. The Bertz CT molecular complexity index is 1730. The highest BCUT2D eigenvalue weighted by atomic mass is 19.1. The van der Waals surface area contributed by atoms with Crippen molar-refractivity contribution in [3.8, 4) is 0 Å². The number of urea groups is 1. The molecule has 1 saturated carbocycles. The Morgan fingerprint density at radius 1 is 0.750 bits per heavy atom. The molecule has 6 rings (SSSR count). The summed E-state index contributed by atoms with van der Waals surface area (Å²) in [5.74, 6) is -3.45. The van der Waals surface area contributed by atoms with Crippen LogP contribution in [0.1, 0.15) is 58.8 Å². The maximum atomic E-state index is 16.9. The number of halogens is 1. The van der Waals surface area contributed by atoms with Crippen LogP contribution in [0, 0.1) is 10.8 Å². The molecule has 1 N–H and O–H groups in total. The molecule has 3 aliphatic rings. The molecule has 1 aliphatic carbocycles. The molecule has 12 heteroatoms. The summed E-state index contributed by atoms with van der Waals surface area (Å²) in [5.41, 5.74) is -4.21. The van der Waals surface area contributed by atoms with Crippen LogP contribution in [0.2, 0.25) is 0 Å². The Kier molecular flexibility index (Phi) is 8.32. The van der Waals surface area contributed by atoms with Crippen molar-refractivity contribution in [2.75, 3.05) is 6.61 Å².